The second kappa shape index (κ2) is 6.32. The van der Waals surface area contributed by atoms with Crippen molar-refractivity contribution < 1.29 is 5.21 Å². The van der Waals surface area contributed by atoms with Crippen molar-refractivity contribution in [3.63, 3.8) is 0 Å². The SMILES string of the molecule is CCN(CCC(N)=NO)c1ccc(Br)cn1. The van der Waals surface area contributed by atoms with E-state index in [0.29, 0.717) is 13.0 Å². The van der Waals surface area contributed by atoms with Gasteiger partial charge in [-0.2, -0.15) is 0 Å². The summed E-state index contributed by atoms with van der Waals surface area (Å²) in [4.78, 5) is 6.35. The third-order valence-electron chi connectivity index (χ3n) is 2.18. The molecule has 1 aromatic rings. The fourth-order valence-corrected chi connectivity index (χ4v) is 1.52. The highest BCUT2D eigenvalue weighted by Gasteiger charge is 2.06. The molecule has 1 aromatic heterocycles. The molecule has 6 heteroatoms. The number of oxime groups is 1. The molecule has 1 heterocycles. The van der Waals surface area contributed by atoms with Crippen LogP contribution in [0, 0.1) is 0 Å². The van der Waals surface area contributed by atoms with Crippen LogP contribution in [0.5, 0.6) is 0 Å². The number of amidine groups is 1. The topological polar surface area (TPSA) is 74.7 Å². The molecule has 0 unspecified atom stereocenters. The first-order valence-corrected chi connectivity index (χ1v) is 5.79. The van der Waals surface area contributed by atoms with Gasteiger partial charge < -0.3 is 15.8 Å². The van der Waals surface area contributed by atoms with E-state index in [1.54, 1.807) is 6.20 Å². The third kappa shape index (κ3) is 3.69. The van der Waals surface area contributed by atoms with E-state index in [9.17, 15) is 0 Å². The van der Waals surface area contributed by atoms with Crippen molar-refractivity contribution in [2.75, 3.05) is 18.0 Å². The number of hydrogen-bond acceptors (Lipinski definition) is 4. The predicted octanol–water partition coefficient (Wildman–Crippen LogP) is 1.81. The second-order valence-electron chi connectivity index (χ2n) is 3.26. The molecule has 0 spiro atoms. The average molecular weight is 287 g/mol. The Kier molecular flexibility index (Phi) is 5.04. The van der Waals surface area contributed by atoms with Gasteiger partial charge in [0.05, 0.1) is 0 Å². The monoisotopic (exact) mass is 286 g/mol. The van der Waals surface area contributed by atoms with Gasteiger partial charge >= 0.3 is 0 Å². The van der Waals surface area contributed by atoms with Crippen LogP contribution in [0.4, 0.5) is 5.82 Å². The molecule has 0 aliphatic carbocycles. The Balaban J connectivity index is 2.64. The molecule has 88 valence electrons. The van der Waals surface area contributed by atoms with Crippen molar-refractivity contribution in [2.24, 2.45) is 10.9 Å². The van der Waals surface area contributed by atoms with Gasteiger partial charge in [-0.3, -0.25) is 0 Å². The molecule has 0 aromatic carbocycles. The van der Waals surface area contributed by atoms with E-state index in [2.05, 4.69) is 31.0 Å². The van der Waals surface area contributed by atoms with Crippen molar-refractivity contribution >= 4 is 27.6 Å². The van der Waals surface area contributed by atoms with E-state index >= 15 is 0 Å². The van der Waals surface area contributed by atoms with Crippen molar-refractivity contribution in [2.45, 2.75) is 13.3 Å². The molecule has 0 fully saturated rings. The summed E-state index contributed by atoms with van der Waals surface area (Å²) in [7, 11) is 0. The minimum atomic E-state index is 0.232. The van der Waals surface area contributed by atoms with Crippen LogP contribution in [0.1, 0.15) is 13.3 Å². The lowest BCUT2D eigenvalue weighted by molar-refractivity contribution is 0.317. The zero-order valence-electron chi connectivity index (χ0n) is 9.10. The predicted molar refractivity (Wildman–Crippen MR) is 67.8 cm³/mol. The summed E-state index contributed by atoms with van der Waals surface area (Å²) in [6.45, 7) is 3.55. The third-order valence-corrected chi connectivity index (χ3v) is 2.65. The second-order valence-corrected chi connectivity index (χ2v) is 4.17. The van der Waals surface area contributed by atoms with Gasteiger partial charge in [0.2, 0.25) is 0 Å². The fourth-order valence-electron chi connectivity index (χ4n) is 1.29. The van der Waals surface area contributed by atoms with E-state index in [1.807, 2.05) is 19.1 Å². The summed E-state index contributed by atoms with van der Waals surface area (Å²) >= 11 is 3.34. The first-order chi connectivity index (χ1) is 7.67. The van der Waals surface area contributed by atoms with Crippen LogP contribution in [0.15, 0.2) is 28.0 Å². The number of anilines is 1. The Morgan fingerprint density at radius 3 is 2.88 bits per heavy atom. The number of rotatable bonds is 5. The normalized spacial score (nSPS) is 11.5. The van der Waals surface area contributed by atoms with Crippen molar-refractivity contribution in [3.8, 4) is 0 Å². The van der Waals surface area contributed by atoms with Crippen LogP contribution in [0.25, 0.3) is 0 Å². The van der Waals surface area contributed by atoms with Crippen LogP contribution >= 0.6 is 15.9 Å². The average Bonchev–Trinajstić information content (AvgIpc) is 2.31. The van der Waals surface area contributed by atoms with Gasteiger partial charge in [0, 0.05) is 30.2 Å². The number of halogens is 1. The van der Waals surface area contributed by atoms with Gasteiger partial charge in [-0.15, -0.1) is 0 Å². The van der Waals surface area contributed by atoms with Gasteiger partial charge in [0.1, 0.15) is 11.7 Å². The largest absolute Gasteiger partial charge is 0.409 e. The van der Waals surface area contributed by atoms with Crippen LogP contribution in [0.2, 0.25) is 0 Å². The first kappa shape index (κ1) is 12.8. The van der Waals surface area contributed by atoms with Gasteiger partial charge in [-0.1, -0.05) is 5.16 Å². The van der Waals surface area contributed by atoms with Gasteiger partial charge in [0.15, 0.2) is 0 Å². The minimum absolute atomic E-state index is 0.232. The maximum absolute atomic E-state index is 8.45. The van der Waals surface area contributed by atoms with Crippen molar-refractivity contribution in [1.82, 2.24) is 4.98 Å². The van der Waals surface area contributed by atoms with E-state index in [0.717, 1.165) is 16.8 Å². The molecule has 0 amide bonds. The highest BCUT2D eigenvalue weighted by atomic mass is 79.9. The molecule has 0 aliphatic heterocycles. The Morgan fingerprint density at radius 2 is 2.38 bits per heavy atom. The molecular formula is C10H15BrN4O. The Labute approximate surface area is 103 Å². The summed E-state index contributed by atoms with van der Waals surface area (Å²) < 4.78 is 0.948. The molecule has 1 rings (SSSR count). The zero-order chi connectivity index (χ0) is 12.0. The lowest BCUT2D eigenvalue weighted by atomic mass is 10.3. The number of nitrogens with two attached hydrogens (primary N) is 1. The number of hydrogen-bond donors (Lipinski definition) is 2. The summed E-state index contributed by atoms with van der Waals surface area (Å²) in [5, 5.41) is 11.4. The lowest BCUT2D eigenvalue weighted by Gasteiger charge is -2.21. The van der Waals surface area contributed by atoms with E-state index in [-0.39, 0.29) is 5.84 Å². The van der Waals surface area contributed by atoms with Gasteiger partial charge in [-0.05, 0) is 35.0 Å². The lowest BCUT2D eigenvalue weighted by Crippen LogP contribution is -2.28. The highest BCUT2D eigenvalue weighted by Crippen LogP contribution is 2.14. The van der Waals surface area contributed by atoms with E-state index < -0.39 is 0 Å². The first-order valence-electron chi connectivity index (χ1n) is 5.00. The molecule has 3 N–H and O–H groups in total. The highest BCUT2D eigenvalue weighted by molar-refractivity contribution is 9.10. The van der Waals surface area contributed by atoms with Crippen LogP contribution in [-0.2, 0) is 0 Å². The fraction of sp³-hybridized carbons (Fsp3) is 0.400. The van der Waals surface area contributed by atoms with Crippen molar-refractivity contribution in [3.05, 3.63) is 22.8 Å². The Morgan fingerprint density at radius 1 is 1.62 bits per heavy atom. The maximum Gasteiger partial charge on any atom is 0.140 e. The van der Waals surface area contributed by atoms with Crippen molar-refractivity contribution in [1.29, 1.82) is 0 Å². The minimum Gasteiger partial charge on any atom is -0.409 e. The van der Waals surface area contributed by atoms with Crippen LogP contribution < -0.4 is 10.6 Å². The summed E-state index contributed by atoms with van der Waals surface area (Å²) in [6, 6.07) is 3.87. The van der Waals surface area contributed by atoms with Crippen LogP contribution in [0.3, 0.4) is 0 Å². The molecule has 5 nitrogen and oxygen atoms in total. The maximum atomic E-state index is 8.45. The number of nitrogens with zero attached hydrogens (tertiary/aromatic N) is 3. The van der Waals surface area contributed by atoms with E-state index in [4.69, 9.17) is 10.9 Å². The molecule has 0 saturated carbocycles. The summed E-state index contributed by atoms with van der Waals surface area (Å²) in [5.41, 5.74) is 5.42. The number of pyridine rings is 1. The van der Waals surface area contributed by atoms with Gasteiger partial charge in [0.25, 0.3) is 0 Å². The smallest absolute Gasteiger partial charge is 0.140 e. The molecular weight excluding hydrogens is 272 g/mol. The zero-order valence-corrected chi connectivity index (χ0v) is 10.7. The quantitative estimate of drug-likeness (QED) is 0.375. The Bertz CT molecular complexity index is 352. The Hall–Kier alpha value is -1.30. The molecule has 0 radical (unpaired) electrons. The van der Waals surface area contributed by atoms with E-state index in [1.165, 1.54) is 0 Å². The summed E-state index contributed by atoms with van der Waals surface area (Å²) in [5.74, 6) is 1.12. The molecule has 16 heavy (non-hydrogen) atoms. The molecule has 0 saturated heterocycles. The number of aromatic nitrogens is 1. The standard InChI is InChI=1S/C10H15BrN4O/c1-2-15(6-5-9(12)14-16)10-4-3-8(11)7-13-10/h3-4,7,16H,2,5-6H2,1H3,(H2,12,14). The molecule has 0 atom stereocenters. The molecule has 0 bridgehead atoms. The van der Waals surface area contributed by atoms with Crippen LogP contribution in [-0.4, -0.2) is 29.1 Å². The van der Waals surface area contributed by atoms with Gasteiger partial charge in [-0.25, -0.2) is 4.98 Å². The molecule has 0 aliphatic rings. The summed E-state index contributed by atoms with van der Waals surface area (Å²) in [6.07, 6.45) is 2.27.